The second-order valence-corrected chi connectivity index (χ2v) is 7.50. The maximum atomic E-state index is 12.8. The summed E-state index contributed by atoms with van der Waals surface area (Å²) in [5.41, 5.74) is 0.468. The van der Waals surface area contributed by atoms with Crippen molar-refractivity contribution in [2.75, 3.05) is 44.7 Å². The number of methoxy groups -OCH3 is 3. The fourth-order valence-electron chi connectivity index (χ4n) is 3.58. The monoisotopic (exact) mass is 493 g/mol. The highest BCUT2D eigenvalue weighted by Gasteiger charge is 2.36. The van der Waals surface area contributed by atoms with Crippen LogP contribution in [0.1, 0.15) is 12.0 Å². The van der Waals surface area contributed by atoms with Gasteiger partial charge in [0.15, 0.2) is 18.1 Å². The number of carbonyl (C=O) groups is 2. The standard InChI is InChI=1S/C23H22F3N3O6/c1-32-18-8-16(9-19(33-2)21(18)34-3)29-11-14(7-20(29)30)22(31)28-15-4-5-17(13(6-15)10-27)35-12-23(24,25)26/h4-6,8-9,14H,7,11-12H2,1-3H3,(H,28,31). The van der Waals surface area contributed by atoms with E-state index in [1.165, 1.54) is 44.4 Å². The van der Waals surface area contributed by atoms with Gasteiger partial charge in [0.1, 0.15) is 11.8 Å². The van der Waals surface area contributed by atoms with E-state index in [1.54, 1.807) is 18.2 Å². The third-order valence-electron chi connectivity index (χ3n) is 5.22. The average molecular weight is 493 g/mol. The van der Waals surface area contributed by atoms with E-state index in [-0.39, 0.29) is 35.9 Å². The molecule has 1 unspecified atom stereocenters. The van der Waals surface area contributed by atoms with Crippen LogP contribution in [0.2, 0.25) is 0 Å². The van der Waals surface area contributed by atoms with Crippen LogP contribution in [-0.4, -0.2) is 52.5 Å². The molecule has 0 bridgehead atoms. The van der Waals surface area contributed by atoms with Gasteiger partial charge in [-0.15, -0.1) is 0 Å². The molecule has 0 spiro atoms. The first-order valence-electron chi connectivity index (χ1n) is 10.2. The summed E-state index contributed by atoms with van der Waals surface area (Å²) in [4.78, 5) is 26.9. The molecular weight excluding hydrogens is 471 g/mol. The van der Waals surface area contributed by atoms with E-state index in [1.807, 2.05) is 0 Å². The van der Waals surface area contributed by atoms with Crippen LogP contribution in [0, 0.1) is 17.2 Å². The first-order chi connectivity index (χ1) is 16.6. The zero-order chi connectivity index (χ0) is 25.8. The van der Waals surface area contributed by atoms with Crippen LogP contribution >= 0.6 is 0 Å². The molecule has 1 aliphatic rings. The summed E-state index contributed by atoms with van der Waals surface area (Å²) in [5.74, 6) is -0.704. The molecule has 0 aromatic heterocycles. The van der Waals surface area contributed by atoms with Crippen molar-refractivity contribution in [3.8, 4) is 29.1 Å². The molecular formula is C23H22F3N3O6. The van der Waals surface area contributed by atoms with Crippen LogP contribution in [-0.2, 0) is 9.59 Å². The van der Waals surface area contributed by atoms with E-state index in [0.29, 0.717) is 22.9 Å². The Labute approximate surface area is 198 Å². The number of amides is 2. The number of anilines is 2. The molecule has 186 valence electrons. The summed E-state index contributed by atoms with van der Waals surface area (Å²) in [6.45, 7) is -1.48. The summed E-state index contributed by atoms with van der Waals surface area (Å²) in [6, 6.07) is 8.62. The van der Waals surface area contributed by atoms with Gasteiger partial charge in [0.05, 0.1) is 38.5 Å². The average Bonchev–Trinajstić information content (AvgIpc) is 3.23. The van der Waals surface area contributed by atoms with E-state index < -0.39 is 24.6 Å². The normalized spacial score (nSPS) is 15.4. The second kappa shape index (κ2) is 10.4. The number of rotatable bonds is 8. The SMILES string of the molecule is COc1cc(N2CC(C(=O)Nc3ccc(OCC(F)(F)F)c(C#N)c3)CC2=O)cc(OC)c1OC. The molecule has 2 amide bonds. The first kappa shape index (κ1) is 25.5. The Morgan fingerprint density at radius 1 is 1.11 bits per heavy atom. The van der Waals surface area contributed by atoms with Gasteiger partial charge < -0.3 is 29.2 Å². The van der Waals surface area contributed by atoms with Crippen molar-refractivity contribution >= 4 is 23.2 Å². The van der Waals surface area contributed by atoms with E-state index in [4.69, 9.17) is 14.2 Å². The molecule has 12 heteroatoms. The van der Waals surface area contributed by atoms with E-state index in [9.17, 15) is 28.0 Å². The molecule has 1 N–H and O–H groups in total. The van der Waals surface area contributed by atoms with E-state index >= 15 is 0 Å². The summed E-state index contributed by atoms with van der Waals surface area (Å²) in [6.07, 6.45) is -4.63. The summed E-state index contributed by atoms with van der Waals surface area (Å²) >= 11 is 0. The lowest BCUT2D eigenvalue weighted by Crippen LogP contribution is -2.28. The second-order valence-electron chi connectivity index (χ2n) is 7.50. The Bertz CT molecular complexity index is 1140. The van der Waals surface area contributed by atoms with Crippen LogP contribution in [0.3, 0.4) is 0 Å². The molecule has 1 saturated heterocycles. The maximum Gasteiger partial charge on any atom is 0.422 e. The van der Waals surface area contributed by atoms with Crippen LogP contribution in [0.25, 0.3) is 0 Å². The van der Waals surface area contributed by atoms with Gasteiger partial charge in [-0.1, -0.05) is 0 Å². The van der Waals surface area contributed by atoms with Crippen molar-refractivity contribution in [2.45, 2.75) is 12.6 Å². The highest BCUT2D eigenvalue weighted by molar-refractivity contribution is 6.03. The number of nitrogens with zero attached hydrogens (tertiary/aromatic N) is 2. The number of ether oxygens (including phenoxy) is 4. The number of hydrogen-bond acceptors (Lipinski definition) is 7. The van der Waals surface area contributed by atoms with Crippen molar-refractivity contribution in [1.82, 2.24) is 0 Å². The Morgan fingerprint density at radius 2 is 1.77 bits per heavy atom. The minimum Gasteiger partial charge on any atom is -0.493 e. The minimum atomic E-state index is -4.56. The summed E-state index contributed by atoms with van der Waals surface area (Å²) < 4.78 is 57.7. The number of halogens is 3. The zero-order valence-corrected chi connectivity index (χ0v) is 19.1. The highest BCUT2D eigenvalue weighted by atomic mass is 19.4. The van der Waals surface area contributed by atoms with E-state index in [2.05, 4.69) is 10.1 Å². The van der Waals surface area contributed by atoms with Gasteiger partial charge >= 0.3 is 6.18 Å². The molecule has 9 nitrogen and oxygen atoms in total. The number of nitrogens with one attached hydrogen (secondary N) is 1. The number of alkyl halides is 3. The molecule has 1 aliphatic heterocycles. The number of hydrogen-bond donors (Lipinski definition) is 1. The number of nitriles is 1. The predicted octanol–water partition coefficient (Wildman–Crippen LogP) is 3.52. The van der Waals surface area contributed by atoms with Crippen LogP contribution in [0.4, 0.5) is 24.5 Å². The van der Waals surface area contributed by atoms with Crippen LogP contribution < -0.4 is 29.2 Å². The predicted molar refractivity (Wildman–Crippen MR) is 118 cm³/mol. The molecule has 1 atom stereocenters. The van der Waals surface area contributed by atoms with Gasteiger partial charge in [-0.3, -0.25) is 9.59 Å². The summed E-state index contributed by atoms with van der Waals surface area (Å²) in [7, 11) is 4.34. The van der Waals surface area contributed by atoms with Gasteiger partial charge in [0.2, 0.25) is 17.6 Å². The molecule has 0 saturated carbocycles. The van der Waals surface area contributed by atoms with Gasteiger partial charge in [-0.25, -0.2) is 0 Å². The van der Waals surface area contributed by atoms with Crippen molar-refractivity contribution in [1.29, 1.82) is 5.26 Å². The van der Waals surface area contributed by atoms with Crippen LogP contribution in [0.5, 0.6) is 23.0 Å². The lowest BCUT2D eigenvalue weighted by Gasteiger charge is -2.20. The highest BCUT2D eigenvalue weighted by Crippen LogP contribution is 2.42. The lowest BCUT2D eigenvalue weighted by molar-refractivity contribution is -0.153. The molecule has 1 heterocycles. The van der Waals surface area contributed by atoms with Crippen molar-refractivity contribution in [3.05, 3.63) is 35.9 Å². The van der Waals surface area contributed by atoms with Gasteiger partial charge in [-0.2, -0.15) is 18.4 Å². The van der Waals surface area contributed by atoms with Gasteiger partial charge in [-0.05, 0) is 18.2 Å². The molecule has 3 rings (SSSR count). The van der Waals surface area contributed by atoms with Crippen molar-refractivity contribution < 1.29 is 41.7 Å². The van der Waals surface area contributed by atoms with Gasteiger partial charge in [0.25, 0.3) is 0 Å². The fraction of sp³-hybridized carbons (Fsp3) is 0.348. The third kappa shape index (κ3) is 5.87. The Kier molecular flexibility index (Phi) is 7.58. The largest absolute Gasteiger partial charge is 0.493 e. The lowest BCUT2D eigenvalue weighted by atomic mass is 10.1. The van der Waals surface area contributed by atoms with Gasteiger partial charge in [0, 0.05) is 30.8 Å². The molecule has 0 radical (unpaired) electrons. The molecule has 35 heavy (non-hydrogen) atoms. The Morgan fingerprint density at radius 3 is 2.31 bits per heavy atom. The molecule has 2 aromatic carbocycles. The quantitative estimate of drug-likeness (QED) is 0.599. The minimum absolute atomic E-state index is 0.0691. The topological polar surface area (TPSA) is 110 Å². The van der Waals surface area contributed by atoms with Crippen molar-refractivity contribution in [2.24, 2.45) is 5.92 Å². The summed E-state index contributed by atoms with van der Waals surface area (Å²) in [5, 5.41) is 11.8. The zero-order valence-electron chi connectivity index (χ0n) is 19.1. The Hall–Kier alpha value is -4.14. The van der Waals surface area contributed by atoms with Crippen molar-refractivity contribution in [3.63, 3.8) is 0 Å². The number of carbonyl (C=O) groups excluding carboxylic acids is 2. The molecule has 2 aromatic rings. The van der Waals surface area contributed by atoms with E-state index in [0.717, 1.165) is 0 Å². The smallest absolute Gasteiger partial charge is 0.422 e. The third-order valence-corrected chi connectivity index (χ3v) is 5.22. The first-order valence-corrected chi connectivity index (χ1v) is 10.2. The Balaban J connectivity index is 1.74. The van der Waals surface area contributed by atoms with Crippen LogP contribution in [0.15, 0.2) is 30.3 Å². The molecule has 1 fully saturated rings. The molecule has 0 aliphatic carbocycles. The maximum absolute atomic E-state index is 12.8. The fourth-order valence-corrected chi connectivity index (χ4v) is 3.58. The number of benzene rings is 2.